The van der Waals surface area contributed by atoms with Gasteiger partial charge in [0.05, 0.1) is 0 Å². The number of aryl methyl sites for hydroxylation is 1. The average Bonchev–Trinajstić information content (AvgIpc) is 3.17. The molecule has 1 aromatic carbocycles. The summed E-state index contributed by atoms with van der Waals surface area (Å²) in [5.41, 5.74) is 1.09. The van der Waals surface area contributed by atoms with E-state index in [1.54, 1.807) is 24.0 Å². The molecule has 7 heteroatoms. The molecule has 0 radical (unpaired) electrons. The Morgan fingerprint density at radius 2 is 2.05 bits per heavy atom. The Hall–Kier alpha value is -2.70. The predicted octanol–water partition coefficient (Wildman–Crippen LogP) is 1.62. The van der Waals surface area contributed by atoms with Gasteiger partial charge in [-0.1, -0.05) is 23.4 Å². The first kappa shape index (κ1) is 14.2. The summed E-state index contributed by atoms with van der Waals surface area (Å²) in [7, 11) is 0. The second-order valence-corrected chi connectivity index (χ2v) is 5.21. The van der Waals surface area contributed by atoms with Crippen LogP contribution in [0.2, 0.25) is 0 Å². The SMILES string of the molecule is Cc1nonc1NC(=O)C1CCCN1C(=O)c1ccccc1. The number of carbonyl (C=O) groups is 2. The van der Waals surface area contributed by atoms with E-state index in [1.165, 1.54) is 0 Å². The lowest BCUT2D eigenvalue weighted by atomic mass is 10.1. The van der Waals surface area contributed by atoms with Gasteiger partial charge in [-0.3, -0.25) is 9.59 Å². The number of anilines is 1. The maximum Gasteiger partial charge on any atom is 0.254 e. The van der Waals surface area contributed by atoms with Gasteiger partial charge in [0.2, 0.25) is 5.91 Å². The molecule has 0 aliphatic carbocycles. The lowest BCUT2D eigenvalue weighted by Crippen LogP contribution is -2.43. The number of nitrogens with one attached hydrogen (secondary N) is 1. The molecule has 2 aromatic rings. The molecule has 2 amide bonds. The fourth-order valence-electron chi connectivity index (χ4n) is 2.57. The molecule has 1 atom stereocenters. The molecule has 1 aliphatic rings. The summed E-state index contributed by atoms with van der Waals surface area (Å²) in [6, 6.07) is 8.48. The van der Waals surface area contributed by atoms with Gasteiger partial charge >= 0.3 is 0 Å². The van der Waals surface area contributed by atoms with E-state index in [9.17, 15) is 9.59 Å². The highest BCUT2D eigenvalue weighted by atomic mass is 16.6. The van der Waals surface area contributed by atoms with Crippen molar-refractivity contribution >= 4 is 17.6 Å². The van der Waals surface area contributed by atoms with Gasteiger partial charge < -0.3 is 10.2 Å². The third-order valence-electron chi connectivity index (χ3n) is 3.73. The van der Waals surface area contributed by atoms with E-state index in [-0.39, 0.29) is 11.8 Å². The molecule has 1 unspecified atom stereocenters. The molecule has 1 aromatic heterocycles. The van der Waals surface area contributed by atoms with E-state index in [1.807, 2.05) is 18.2 Å². The molecule has 0 saturated carbocycles. The highest BCUT2D eigenvalue weighted by molar-refractivity contribution is 6.01. The molecule has 0 bridgehead atoms. The minimum Gasteiger partial charge on any atom is -0.327 e. The summed E-state index contributed by atoms with van der Waals surface area (Å²) in [4.78, 5) is 26.5. The number of benzene rings is 1. The lowest BCUT2D eigenvalue weighted by Gasteiger charge is -2.23. The number of hydrogen-bond donors (Lipinski definition) is 1. The minimum atomic E-state index is -0.496. The van der Waals surface area contributed by atoms with Crippen LogP contribution in [0.5, 0.6) is 0 Å². The number of likely N-dealkylation sites (tertiary alicyclic amines) is 1. The molecule has 1 N–H and O–H groups in total. The van der Waals surface area contributed by atoms with Crippen molar-refractivity contribution in [2.45, 2.75) is 25.8 Å². The molecule has 3 rings (SSSR count). The number of aromatic nitrogens is 2. The lowest BCUT2D eigenvalue weighted by molar-refractivity contribution is -0.119. The van der Waals surface area contributed by atoms with Crippen molar-refractivity contribution in [3.8, 4) is 0 Å². The van der Waals surface area contributed by atoms with Crippen LogP contribution in [0, 0.1) is 6.92 Å². The van der Waals surface area contributed by atoms with E-state index < -0.39 is 6.04 Å². The van der Waals surface area contributed by atoms with E-state index >= 15 is 0 Å². The molecule has 22 heavy (non-hydrogen) atoms. The Balaban J connectivity index is 1.74. The topological polar surface area (TPSA) is 88.3 Å². The average molecular weight is 300 g/mol. The summed E-state index contributed by atoms with van der Waals surface area (Å²) in [6.07, 6.45) is 1.43. The van der Waals surface area contributed by atoms with Crippen molar-refractivity contribution in [3.05, 3.63) is 41.6 Å². The quantitative estimate of drug-likeness (QED) is 0.930. The second-order valence-electron chi connectivity index (χ2n) is 5.21. The van der Waals surface area contributed by atoms with Gasteiger partial charge in [-0.2, -0.15) is 0 Å². The van der Waals surface area contributed by atoms with E-state index in [4.69, 9.17) is 0 Å². The summed E-state index contributed by atoms with van der Waals surface area (Å²) in [5, 5.41) is 9.92. The molecule has 114 valence electrons. The first-order valence-corrected chi connectivity index (χ1v) is 7.13. The van der Waals surface area contributed by atoms with Gasteiger partial charge in [0, 0.05) is 12.1 Å². The van der Waals surface area contributed by atoms with Gasteiger partial charge in [0.1, 0.15) is 11.7 Å². The zero-order valence-corrected chi connectivity index (χ0v) is 12.2. The van der Waals surface area contributed by atoms with Crippen LogP contribution in [0.3, 0.4) is 0 Å². The highest BCUT2D eigenvalue weighted by Crippen LogP contribution is 2.21. The first-order chi connectivity index (χ1) is 10.7. The van der Waals surface area contributed by atoms with Crippen molar-refractivity contribution in [1.82, 2.24) is 15.2 Å². The number of carbonyl (C=O) groups excluding carboxylic acids is 2. The summed E-state index contributed by atoms with van der Waals surface area (Å²) >= 11 is 0. The van der Waals surface area contributed by atoms with Gasteiger partial charge in [0.15, 0.2) is 5.82 Å². The van der Waals surface area contributed by atoms with Crippen LogP contribution in [0.1, 0.15) is 28.9 Å². The Labute approximate surface area is 127 Å². The Morgan fingerprint density at radius 1 is 1.27 bits per heavy atom. The number of rotatable bonds is 3. The van der Waals surface area contributed by atoms with Crippen LogP contribution in [-0.2, 0) is 4.79 Å². The monoisotopic (exact) mass is 300 g/mol. The molecule has 1 fully saturated rings. The molecular formula is C15H16N4O3. The largest absolute Gasteiger partial charge is 0.327 e. The van der Waals surface area contributed by atoms with Crippen molar-refractivity contribution in [2.24, 2.45) is 0 Å². The van der Waals surface area contributed by atoms with Crippen LogP contribution >= 0.6 is 0 Å². The normalized spacial score (nSPS) is 17.5. The molecule has 1 aliphatic heterocycles. The fourth-order valence-corrected chi connectivity index (χ4v) is 2.57. The smallest absolute Gasteiger partial charge is 0.254 e. The standard InChI is InChI=1S/C15H16N4O3/c1-10-13(18-22-17-10)16-14(20)12-8-5-9-19(12)15(21)11-6-3-2-4-7-11/h2-4,6-7,12H,5,8-9H2,1H3,(H,16,18,20). The second kappa shape index (κ2) is 5.97. The molecule has 1 saturated heterocycles. The predicted molar refractivity (Wildman–Crippen MR) is 78.2 cm³/mol. The van der Waals surface area contributed by atoms with Crippen LogP contribution in [0.25, 0.3) is 0 Å². The van der Waals surface area contributed by atoms with E-state index in [2.05, 4.69) is 20.3 Å². The van der Waals surface area contributed by atoms with Crippen LogP contribution in [0.15, 0.2) is 35.0 Å². The summed E-state index contributed by atoms with van der Waals surface area (Å²) in [5.74, 6) is -0.0992. The number of hydrogen-bond acceptors (Lipinski definition) is 5. The maximum atomic E-state index is 12.5. The number of nitrogens with zero attached hydrogens (tertiary/aromatic N) is 3. The van der Waals surface area contributed by atoms with E-state index in [0.717, 1.165) is 6.42 Å². The van der Waals surface area contributed by atoms with Crippen LogP contribution in [0.4, 0.5) is 5.82 Å². The van der Waals surface area contributed by atoms with Gasteiger partial charge in [-0.15, -0.1) is 0 Å². The third-order valence-corrected chi connectivity index (χ3v) is 3.73. The van der Waals surface area contributed by atoms with Gasteiger partial charge in [-0.05, 0) is 37.1 Å². The van der Waals surface area contributed by atoms with Gasteiger partial charge in [-0.25, -0.2) is 4.63 Å². The van der Waals surface area contributed by atoms with Crippen molar-refractivity contribution in [3.63, 3.8) is 0 Å². The van der Waals surface area contributed by atoms with Gasteiger partial charge in [0.25, 0.3) is 5.91 Å². The molecule has 7 nitrogen and oxygen atoms in total. The van der Waals surface area contributed by atoms with Crippen LogP contribution < -0.4 is 5.32 Å². The Kier molecular flexibility index (Phi) is 3.86. The van der Waals surface area contributed by atoms with Crippen molar-refractivity contribution in [1.29, 1.82) is 0 Å². The third kappa shape index (κ3) is 2.69. The fraction of sp³-hybridized carbons (Fsp3) is 0.333. The Morgan fingerprint density at radius 3 is 2.73 bits per heavy atom. The Bertz CT molecular complexity index is 683. The highest BCUT2D eigenvalue weighted by Gasteiger charge is 2.35. The minimum absolute atomic E-state index is 0.131. The molecule has 2 heterocycles. The maximum absolute atomic E-state index is 12.5. The zero-order valence-electron chi connectivity index (χ0n) is 12.2. The zero-order chi connectivity index (χ0) is 15.5. The van der Waals surface area contributed by atoms with Crippen LogP contribution in [-0.4, -0.2) is 39.6 Å². The first-order valence-electron chi connectivity index (χ1n) is 7.13. The van der Waals surface area contributed by atoms with Crippen molar-refractivity contribution in [2.75, 3.05) is 11.9 Å². The summed E-state index contributed by atoms with van der Waals surface area (Å²) < 4.78 is 4.56. The molecular weight excluding hydrogens is 284 g/mol. The molecule has 0 spiro atoms. The number of amides is 2. The van der Waals surface area contributed by atoms with Crippen molar-refractivity contribution < 1.29 is 14.2 Å². The summed E-state index contributed by atoms with van der Waals surface area (Å²) in [6.45, 7) is 2.26. The van der Waals surface area contributed by atoms with E-state index in [0.29, 0.717) is 30.0 Å².